The van der Waals surface area contributed by atoms with Crippen LogP contribution in [0.4, 0.5) is 0 Å². The number of rotatable bonds is 10. The predicted molar refractivity (Wildman–Crippen MR) is 106 cm³/mol. The number of hydrogen-bond acceptors (Lipinski definition) is 3. The number of halogens is 1. The first-order valence-corrected chi connectivity index (χ1v) is 9.48. The number of hydrogen-bond donors (Lipinski definition) is 2. The molecule has 0 aromatic rings. The molecule has 8 heteroatoms. The molecule has 0 saturated heterocycles. The summed E-state index contributed by atoms with van der Waals surface area (Å²) in [6.07, 6.45) is 2.24. The fourth-order valence-corrected chi connectivity index (χ4v) is 3.49. The summed E-state index contributed by atoms with van der Waals surface area (Å²) in [5.74, 6) is 1.36. The number of guanidine groups is 1. The average molecular weight is 448 g/mol. The molecule has 0 fully saturated rings. The molecule has 0 atom stereocenters. The van der Waals surface area contributed by atoms with Crippen LogP contribution in [0.25, 0.3) is 0 Å². The van der Waals surface area contributed by atoms with Crippen molar-refractivity contribution in [2.75, 3.05) is 39.0 Å². The van der Waals surface area contributed by atoms with Crippen LogP contribution in [0.2, 0.25) is 0 Å². The first-order chi connectivity index (χ1) is 9.94. The van der Waals surface area contributed by atoms with Crippen LogP contribution < -0.4 is 10.6 Å². The van der Waals surface area contributed by atoms with E-state index in [0.717, 1.165) is 19.4 Å². The van der Waals surface area contributed by atoms with Gasteiger partial charge in [-0.2, -0.15) is 0 Å². The van der Waals surface area contributed by atoms with E-state index in [2.05, 4.69) is 29.5 Å². The second-order valence-corrected chi connectivity index (χ2v) is 7.05. The van der Waals surface area contributed by atoms with Crippen molar-refractivity contribution in [3.05, 3.63) is 0 Å². The van der Waals surface area contributed by atoms with Crippen LogP contribution >= 0.6 is 24.0 Å². The lowest BCUT2D eigenvalue weighted by molar-refractivity contribution is 0.444. The minimum Gasteiger partial charge on any atom is -0.356 e. The maximum absolute atomic E-state index is 12.0. The van der Waals surface area contributed by atoms with Crippen LogP contribution in [0.15, 0.2) is 4.99 Å². The van der Waals surface area contributed by atoms with Gasteiger partial charge in [0.05, 0.1) is 5.75 Å². The number of nitrogens with one attached hydrogen (secondary N) is 2. The highest BCUT2D eigenvalue weighted by molar-refractivity contribution is 14.0. The first-order valence-electron chi connectivity index (χ1n) is 7.87. The summed E-state index contributed by atoms with van der Waals surface area (Å²) >= 11 is 0. The topological polar surface area (TPSA) is 73.8 Å². The van der Waals surface area contributed by atoms with E-state index in [9.17, 15) is 8.42 Å². The van der Waals surface area contributed by atoms with Crippen LogP contribution in [-0.4, -0.2) is 57.7 Å². The number of aliphatic imine (C=N–C) groups is 1. The summed E-state index contributed by atoms with van der Waals surface area (Å²) in [4.78, 5) is 4.12. The van der Waals surface area contributed by atoms with E-state index in [-0.39, 0.29) is 29.7 Å². The van der Waals surface area contributed by atoms with Gasteiger partial charge in [0.1, 0.15) is 0 Å². The van der Waals surface area contributed by atoms with Crippen molar-refractivity contribution < 1.29 is 8.42 Å². The Bertz CT molecular complexity index is 394. The maximum Gasteiger partial charge on any atom is 0.215 e. The number of nitrogens with zero attached hydrogens (tertiary/aromatic N) is 2. The molecule has 0 bridgehead atoms. The minimum absolute atomic E-state index is 0. The molecule has 0 aromatic heterocycles. The highest BCUT2D eigenvalue weighted by Crippen LogP contribution is 2.04. The Labute approximate surface area is 153 Å². The Morgan fingerprint density at radius 3 is 2.05 bits per heavy atom. The van der Waals surface area contributed by atoms with Crippen molar-refractivity contribution in [2.45, 2.75) is 40.5 Å². The summed E-state index contributed by atoms with van der Waals surface area (Å²) in [5.41, 5.74) is 0. The lowest BCUT2D eigenvalue weighted by Crippen LogP contribution is -2.43. The van der Waals surface area contributed by atoms with Gasteiger partial charge in [-0.05, 0) is 5.92 Å². The van der Waals surface area contributed by atoms with Crippen molar-refractivity contribution in [1.29, 1.82) is 0 Å². The highest BCUT2D eigenvalue weighted by Gasteiger charge is 2.18. The molecule has 6 nitrogen and oxygen atoms in total. The molecule has 0 aromatic carbocycles. The fraction of sp³-hybridized carbons (Fsp3) is 0.929. The van der Waals surface area contributed by atoms with Gasteiger partial charge < -0.3 is 10.6 Å². The second-order valence-electron chi connectivity index (χ2n) is 4.96. The van der Waals surface area contributed by atoms with E-state index in [0.29, 0.717) is 31.5 Å². The molecule has 0 aliphatic carbocycles. The van der Waals surface area contributed by atoms with Crippen molar-refractivity contribution >= 4 is 40.0 Å². The maximum atomic E-state index is 12.0. The smallest absolute Gasteiger partial charge is 0.215 e. The Morgan fingerprint density at radius 2 is 1.64 bits per heavy atom. The zero-order valence-electron chi connectivity index (χ0n) is 14.6. The molecule has 0 amide bonds. The third-order valence-corrected chi connectivity index (χ3v) is 5.71. The third-order valence-electron chi connectivity index (χ3n) is 3.69. The van der Waals surface area contributed by atoms with Crippen molar-refractivity contribution in [1.82, 2.24) is 14.9 Å². The average Bonchev–Trinajstić information content (AvgIpc) is 2.47. The molecule has 0 saturated carbocycles. The molecule has 22 heavy (non-hydrogen) atoms. The first kappa shape index (κ1) is 24.2. The molecule has 134 valence electrons. The van der Waals surface area contributed by atoms with E-state index >= 15 is 0 Å². The van der Waals surface area contributed by atoms with Crippen LogP contribution in [0, 0.1) is 5.92 Å². The van der Waals surface area contributed by atoms with Gasteiger partial charge >= 0.3 is 0 Å². The van der Waals surface area contributed by atoms with Crippen LogP contribution in [0.5, 0.6) is 0 Å². The van der Waals surface area contributed by atoms with Gasteiger partial charge in [0.15, 0.2) is 5.96 Å². The Balaban J connectivity index is 0. The molecule has 0 heterocycles. The standard InChI is InChI=1S/C14H32N4O2S.HI/c1-6-13(7-2)12-17-14(15-5)16-10-11-21(19,20)18(8-3)9-4;/h13H,6-12H2,1-5H3,(H2,15,16,17);1H. The fourth-order valence-electron chi connectivity index (χ4n) is 2.08. The minimum atomic E-state index is -3.18. The lowest BCUT2D eigenvalue weighted by Gasteiger charge is -2.20. The van der Waals surface area contributed by atoms with Gasteiger partial charge in [0.25, 0.3) is 0 Å². The molecule has 2 N–H and O–H groups in total. The van der Waals surface area contributed by atoms with Gasteiger partial charge in [0, 0.05) is 33.2 Å². The molecule has 0 rings (SSSR count). The quantitative estimate of drug-likeness (QED) is 0.304. The monoisotopic (exact) mass is 448 g/mol. The third kappa shape index (κ3) is 9.14. The van der Waals surface area contributed by atoms with Gasteiger partial charge in [-0.3, -0.25) is 4.99 Å². The largest absolute Gasteiger partial charge is 0.356 e. The predicted octanol–water partition coefficient (Wildman–Crippen LogP) is 1.88. The second kappa shape index (κ2) is 13.4. The zero-order valence-corrected chi connectivity index (χ0v) is 17.7. The Kier molecular flexibility index (Phi) is 14.7. The highest BCUT2D eigenvalue weighted by atomic mass is 127. The van der Waals surface area contributed by atoms with Crippen LogP contribution in [0.1, 0.15) is 40.5 Å². The Morgan fingerprint density at radius 1 is 1.09 bits per heavy atom. The summed E-state index contributed by atoms with van der Waals surface area (Å²) < 4.78 is 25.6. The van der Waals surface area contributed by atoms with Crippen molar-refractivity contribution in [3.63, 3.8) is 0 Å². The Hall–Kier alpha value is -0.0900. The molecule has 0 radical (unpaired) electrons. The van der Waals surface area contributed by atoms with E-state index in [4.69, 9.17) is 0 Å². The van der Waals surface area contributed by atoms with E-state index in [1.54, 1.807) is 7.05 Å². The van der Waals surface area contributed by atoms with Crippen LogP contribution in [0.3, 0.4) is 0 Å². The normalized spacial score (nSPS) is 12.4. The van der Waals surface area contributed by atoms with Gasteiger partial charge in [-0.15, -0.1) is 24.0 Å². The molecule has 0 aliphatic rings. The molecule has 0 unspecified atom stereocenters. The van der Waals surface area contributed by atoms with Crippen molar-refractivity contribution in [3.8, 4) is 0 Å². The zero-order chi connectivity index (χ0) is 16.3. The lowest BCUT2D eigenvalue weighted by atomic mass is 10.0. The summed E-state index contributed by atoms with van der Waals surface area (Å²) in [5, 5.41) is 6.31. The van der Waals surface area contributed by atoms with E-state index in [1.807, 2.05) is 13.8 Å². The van der Waals surface area contributed by atoms with Crippen LogP contribution in [-0.2, 0) is 10.0 Å². The summed E-state index contributed by atoms with van der Waals surface area (Å²) in [6, 6.07) is 0. The summed E-state index contributed by atoms with van der Waals surface area (Å²) in [7, 11) is -1.48. The molecular formula is C14H33IN4O2S. The SMILES string of the molecule is CCC(CC)CNC(=NC)NCCS(=O)(=O)N(CC)CC.I. The molecule has 0 spiro atoms. The van der Waals surface area contributed by atoms with Gasteiger partial charge in [0.2, 0.25) is 10.0 Å². The van der Waals surface area contributed by atoms with E-state index < -0.39 is 10.0 Å². The van der Waals surface area contributed by atoms with Gasteiger partial charge in [-0.25, -0.2) is 12.7 Å². The number of sulfonamides is 1. The molecule has 0 aliphatic heterocycles. The molecular weight excluding hydrogens is 415 g/mol. The summed E-state index contributed by atoms with van der Waals surface area (Å²) in [6.45, 7) is 10.3. The van der Waals surface area contributed by atoms with Gasteiger partial charge in [-0.1, -0.05) is 40.5 Å². The van der Waals surface area contributed by atoms with Crippen molar-refractivity contribution in [2.24, 2.45) is 10.9 Å². The van der Waals surface area contributed by atoms with E-state index in [1.165, 1.54) is 4.31 Å².